The largest absolute Gasteiger partial charge is 0.481 e. The molecule has 0 amide bonds. The molecule has 2 aliphatic rings. The van der Waals surface area contributed by atoms with Crippen molar-refractivity contribution >= 4 is 11.9 Å². The minimum Gasteiger partial charge on any atom is -0.481 e. The highest BCUT2D eigenvalue weighted by molar-refractivity contribution is 5.78. The van der Waals surface area contributed by atoms with Gasteiger partial charge in [-0.1, -0.05) is 43.9 Å². The minimum atomic E-state index is -0.601. The summed E-state index contributed by atoms with van der Waals surface area (Å²) in [6.07, 6.45) is 13.7. The predicted octanol–water partition coefficient (Wildman–Crippen LogP) is 5.93. The molecule has 0 bridgehead atoms. The monoisotopic (exact) mass is 400 g/mol. The number of aliphatic carboxylic acids is 2. The molecule has 3 rings (SSSR count). The lowest BCUT2D eigenvalue weighted by molar-refractivity contribution is -0.144. The Balaban J connectivity index is 1.33. The summed E-state index contributed by atoms with van der Waals surface area (Å²) in [7, 11) is 0. The van der Waals surface area contributed by atoms with E-state index in [1.807, 2.05) is 0 Å². The van der Waals surface area contributed by atoms with Crippen molar-refractivity contribution in [2.24, 2.45) is 10.8 Å². The molecule has 2 saturated carbocycles. The zero-order valence-corrected chi connectivity index (χ0v) is 17.8. The van der Waals surface area contributed by atoms with Crippen LogP contribution in [0.1, 0.15) is 93.7 Å². The van der Waals surface area contributed by atoms with Crippen LogP contribution in [0.2, 0.25) is 0 Å². The summed E-state index contributed by atoms with van der Waals surface area (Å²) in [6, 6.07) is 6.79. The molecule has 2 N–H and O–H groups in total. The van der Waals surface area contributed by atoms with Crippen LogP contribution in [0, 0.1) is 17.8 Å². The Hall–Kier alpha value is -1.84. The summed E-state index contributed by atoms with van der Waals surface area (Å²) >= 11 is 0. The number of carboxylic acid groups (broad SMARTS) is 2. The minimum absolute atomic E-state index is 0.374. The van der Waals surface area contributed by atoms with E-state index in [1.54, 1.807) is 0 Å². The van der Waals surface area contributed by atoms with Gasteiger partial charge in [-0.15, -0.1) is 0 Å². The van der Waals surface area contributed by atoms with Crippen molar-refractivity contribution in [1.29, 1.82) is 0 Å². The maximum Gasteiger partial charge on any atom is 0.309 e. The topological polar surface area (TPSA) is 74.6 Å². The fourth-order valence-electron chi connectivity index (χ4n) is 4.52. The molecule has 160 valence electrons. The standard InChI is InChI=1S/C25H36O4/c1-19-10-11-20(8-4-2-6-12-24(14-15-24)22(26)27)18-21(19)9-5-3-7-13-25(16-17-25)23(28)29/h10-11,18H,2-9,12-17H2,1H3,(H,26,27)(H,28,29). The summed E-state index contributed by atoms with van der Waals surface area (Å²) in [5, 5.41) is 18.5. The lowest BCUT2D eigenvalue weighted by Gasteiger charge is -2.11. The molecule has 0 spiro atoms. The highest BCUT2D eigenvalue weighted by Gasteiger charge is 2.49. The van der Waals surface area contributed by atoms with E-state index in [1.165, 1.54) is 16.7 Å². The number of rotatable bonds is 14. The fraction of sp³-hybridized carbons (Fsp3) is 0.680. The van der Waals surface area contributed by atoms with Gasteiger partial charge in [0.15, 0.2) is 0 Å². The summed E-state index contributed by atoms with van der Waals surface area (Å²) < 4.78 is 0. The van der Waals surface area contributed by atoms with Gasteiger partial charge in [0, 0.05) is 0 Å². The van der Waals surface area contributed by atoms with E-state index in [-0.39, 0.29) is 10.8 Å². The van der Waals surface area contributed by atoms with Crippen molar-refractivity contribution in [3.05, 3.63) is 34.9 Å². The Bertz CT molecular complexity index is 728. The van der Waals surface area contributed by atoms with Gasteiger partial charge in [-0.05, 0) is 87.8 Å². The van der Waals surface area contributed by atoms with Gasteiger partial charge < -0.3 is 10.2 Å². The second-order valence-corrected chi connectivity index (χ2v) is 9.55. The smallest absolute Gasteiger partial charge is 0.309 e. The van der Waals surface area contributed by atoms with Gasteiger partial charge in [0.05, 0.1) is 10.8 Å². The zero-order chi connectivity index (χ0) is 20.9. The van der Waals surface area contributed by atoms with Crippen LogP contribution in [-0.2, 0) is 22.4 Å². The predicted molar refractivity (Wildman–Crippen MR) is 114 cm³/mol. The Morgan fingerprint density at radius 2 is 1.31 bits per heavy atom. The van der Waals surface area contributed by atoms with Gasteiger partial charge in [0.25, 0.3) is 0 Å². The number of hydrogen-bond acceptors (Lipinski definition) is 2. The van der Waals surface area contributed by atoms with E-state index in [0.717, 1.165) is 89.9 Å². The third-order valence-electron chi connectivity index (χ3n) is 7.25. The van der Waals surface area contributed by atoms with E-state index in [4.69, 9.17) is 0 Å². The lowest BCUT2D eigenvalue weighted by atomic mass is 9.94. The van der Waals surface area contributed by atoms with Crippen molar-refractivity contribution in [3.8, 4) is 0 Å². The first-order valence-electron chi connectivity index (χ1n) is 11.4. The van der Waals surface area contributed by atoms with Crippen LogP contribution in [-0.4, -0.2) is 22.2 Å². The molecular formula is C25H36O4. The molecule has 1 aromatic carbocycles. The van der Waals surface area contributed by atoms with E-state index in [0.29, 0.717) is 0 Å². The Morgan fingerprint density at radius 1 is 0.793 bits per heavy atom. The first-order valence-corrected chi connectivity index (χ1v) is 11.4. The second-order valence-electron chi connectivity index (χ2n) is 9.55. The van der Waals surface area contributed by atoms with Crippen LogP contribution in [0.15, 0.2) is 18.2 Å². The molecule has 2 aliphatic carbocycles. The van der Waals surface area contributed by atoms with Crippen LogP contribution in [0.25, 0.3) is 0 Å². The van der Waals surface area contributed by atoms with E-state index >= 15 is 0 Å². The van der Waals surface area contributed by atoms with Gasteiger partial charge >= 0.3 is 11.9 Å². The zero-order valence-electron chi connectivity index (χ0n) is 17.8. The van der Waals surface area contributed by atoms with E-state index in [2.05, 4.69) is 25.1 Å². The second kappa shape index (κ2) is 9.32. The highest BCUT2D eigenvalue weighted by Crippen LogP contribution is 2.50. The molecule has 0 aromatic heterocycles. The lowest BCUT2D eigenvalue weighted by Crippen LogP contribution is -2.14. The maximum absolute atomic E-state index is 11.2. The molecule has 2 fully saturated rings. The van der Waals surface area contributed by atoms with Crippen molar-refractivity contribution in [3.63, 3.8) is 0 Å². The molecule has 4 heteroatoms. The fourth-order valence-corrected chi connectivity index (χ4v) is 4.52. The number of carbonyl (C=O) groups is 2. The average Bonchev–Trinajstić information content (AvgIpc) is 3.58. The van der Waals surface area contributed by atoms with Crippen LogP contribution in [0.3, 0.4) is 0 Å². The first kappa shape index (κ1) is 21.9. The van der Waals surface area contributed by atoms with Gasteiger partial charge in [-0.3, -0.25) is 9.59 Å². The molecule has 1 aromatic rings. The van der Waals surface area contributed by atoms with Gasteiger partial charge in [0.2, 0.25) is 0 Å². The molecule has 4 nitrogen and oxygen atoms in total. The summed E-state index contributed by atoms with van der Waals surface area (Å²) in [5.41, 5.74) is 3.40. The Kier molecular flexibility index (Phi) is 7.02. The Morgan fingerprint density at radius 3 is 1.79 bits per heavy atom. The van der Waals surface area contributed by atoms with E-state index < -0.39 is 11.9 Å². The summed E-state index contributed by atoms with van der Waals surface area (Å²) in [4.78, 5) is 22.5. The maximum atomic E-state index is 11.2. The average molecular weight is 401 g/mol. The normalized spacial score (nSPS) is 18.4. The number of unbranched alkanes of at least 4 members (excludes halogenated alkanes) is 4. The van der Waals surface area contributed by atoms with Crippen LogP contribution < -0.4 is 0 Å². The van der Waals surface area contributed by atoms with Gasteiger partial charge in [-0.25, -0.2) is 0 Å². The first-order chi connectivity index (χ1) is 13.9. The number of aryl methyl sites for hydroxylation is 3. The SMILES string of the molecule is Cc1ccc(CCCCCC2(C(=O)O)CC2)cc1CCCCCC1(C(=O)O)CC1. The molecule has 29 heavy (non-hydrogen) atoms. The molecule has 0 aliphatic heterocycles. The molecular weight excluding hydrogens is 364 g/mol. The number of benzene rings is 1. The van der Waals surface area contributed by atoms with Crippen LogP contribution >= 0.6 is 0 Å². The van der Waals surface area contributed by atoms with Crippen LogP contribution in [0.4, 0.5) is 0 Å². The van der Waals surface area contributed by atoms with Gasteiger partial charge in [0.1, 0.15) is 0 Å². The third kappa shape index (κ3) is 5.83. The highest BCUT2D eigenvalue weighted by atomic mass is 16.4. The molecule has 0 radical (unpaired) electrons. The van der Waals surface area contributed by atoms with Gasteiger partial charge in [-0.2, -0.15) is 0 Å². The van der Waals surface area contributed by atoms with Crippen molar-refractivity contribution in [1.82, 2.24) is 0 Å². The molecule has 0 unspecified atom stereocenters. The molecule has 0 saturated heterocycles. The summed E-state index contributed by atoms with van der Waals surface area (Å²) in [5.74, 6) is -1.20. The van der Waals surface area contributed by atoms with Crippen molar-refractivity contribution in [2.45, 2.75) is 96.8 Å². The Labute approximate surface area is 174 Å². The van der Waals surface area contributed by atoms with Crippen molar-refractivity contribution < 1.29 is 19.8 Å². The third-order valence-corrected chi connectivity index (χ3v) is 7.25. The molecule has 0 heterocycles. The van der Waals surface area contributed by atoms with Crippen LogP contribution in [0.5, 0.6) is 0 Å². The van der Waals surface area contributed by atoms with E-state index in [9.17, 15) is 19.8 Å². The number of hydrogen-bond donors (Lipinski definition) is 2. The quantitative estimate of drug-likeness (QED) is 0.380. The summed E-state index contributed by atoms with van der Waals surface area (Å²) in [6.45, 7) is 2.17. The van der Waals surface area contributed by atoms with Crippen molar-refractivity contribution in [2.75, 3.05) is 0 Å². The number of carboxylic acids is 2. The molecule has 0 atom stereocenters.